The number of rotatable bonds is 5. The second-order valence-electron chi connectivity index (χ2n) is 9.29. The summed E-state index contributed by atoms with van der Waals surface area (Å²) < 4.78 is 0. The molecule has 4 aliphatic carbocycles. The van der Waals surface area contributed by atoms with Gasteiger partial charge in [0, 0.05) is 13.0 Å². The molecule has 0 spiro atoms. The fraction of sp³-hybridized carbons (Fsp3) is 0.944. The lowest BCUT2D eigenvalue weighted by Gasteiger charge is -2.65. The van der Waals surface area contributed by atoms with Gasteiger partial charge in [-0.05, 0) is 74.0 Å². The van der Waals surface area contributed by atoms with Gasteiger partial charge in [0.1, 0.15) is 0 Å². The van der Waals surface area contributed by atoms with Crippen LogP contribution in [0.25, 0.3) is 0 Å². The highest BCUT2D eigenvalue weighted by Gasteiger charge is 2.60. The number of amides is 1. The third-order valence-electron chi connectivity index (χ3n) is 6.16. The number of aliphatic hydroxyl groups is 1. The minimum Gasteiger partial charge on any atom is -0.393 e. The van der Waals surface area contributed by atoms with Gasteiger partial charge in [-0.3, -0.25) is 4.79 Å². The molecule has 4 fully saturated rings. The van der Waals surface area contributed by atoms with Gasteiger partial charge >= 0.3 is 0 Å². The van der Waals surface area contributed by atoms with E-state index in [0.29, 0.717) is 30.2 Å². The molecular formula is C18H31NO2. The molecule has 3 unspecified atom stereocenters. The van der Waals surface area contributed by atoms with Crippen LogP contribution >= 0.6 is 0 Å². The highest BCUT2D eigenvalue weighted by Crippen LogP contribution is 2.70. The van der Waals surface area contributed by atoms with E-state index in [2.05, 4.69) is 19.2 Å². The summed E-state index contributed by atoms with van der Waals surface area (Å²) in [5.74, 6) is 1.05. The Morgan fingerprint density at radius 2 is 1.81 bits per heavy atom. The van der Waals surface area contributed by atoms with E-state index in [0.717, 1.165) is 5.92 Å². The first kappa shape index (κ1) is 15.3. The first-order valence-electron chi connectivity index (χ1n) is 8.67. The maximum Gasteiger partial charge on any atom is 0.220 e. The lowest BCUT2D eigenvalue weighted by molar-refractivity contribution is -0.156. The topological polar surface area (TPSA) is 49.3 Å². The molecule has 0 aromatic carbocycles. The van der Waals surface area contributed by atoms with Crippen molar-refractivity contribution in [3.8, 4) is 0 Å². The van der Waals surface area contributed by atoms with E-state index in [9.17, 15) is 9.90 Å². The maximum atomic E-state index is 12.3. The molecule has 4 bridgehead atoms. The molecule has 120 valence electrons. The third kappa shape index (κ3) is 3.13. The Bertz CT molecular complexity index is 413. The van der Waals surface area contributed by atoms with Crippen molar-refractivity contribution in [3.05, 3.63) is 0 Å². The van der Waals surface area contributed by atoms with Crippen molar-refractivity contribution in [2.75, 3.05) is 6.54 Å². The highest BCUT2D eigenvalue weighted by molar-refractivity contribution is 5.76. The predicted octanol–water partition coefficient (Wildman–Crippen LogP) is 3.26. The Hall–Kier alpha value is -0.570. The fourth-order valence-corrected chi connectivity index (χ4v) is 6.70. The summed E-state index contributed by atoms with van der Waals surface area (Å²) in [6.45, 7) is 7.28. The second kappa shape index (κ2) is 4.97. The minimum absolute atomic E-state index is 0.199. The van der Waals surface area contributed by atoms with Gasteiger partial charge in [-0.2, -0.15) is 0 Å². The predicted molar refractivity (Wildman–Crippen MR) is 83.8 cm³/mol. The van der Waals surface area contributed by atoms with Crippen LogP contribution in [-0.2, 0) is 4.79 Å². The van der Waals surface area contributed by atoms with Gasteiger partial charge in [-0.25, -0.2) is 0 Å². The molecule has 4 rings (SSSR count). The number of hydrogen-bond donors (Lipinski definition) is 2. The van der Waals surface area contributed by atoms with Gasteiger partial charge in [-0.15, -0.1) is 0 Å². The van der Waals surface area contributed by atoms with Crippen LogP contribution in [0, 0.1) is 22.2 Å². The van der Waals surface area contributed by atoms with E-state index in [4.69, 9.17) is 0 Å². The van der Waals surface area contributed by atoms with Crippen molar-refractivity contribution in [2.24, 2.45) is 22.2 Å². The van der Waals surface area contributed by atoms with Gasteiger partial charge in [0.15, 0.2) is 0 Å². The number of aliphatic hydroxyl groups excluding tert-OH is 1. The Morgan fingerprint density at radius 1 is 1.19 bits per heavy atom. The number of nitrogens with one attached hydrogen (secondary N) is 1. The summed E-state index contributed by atoms with van der Waals surface area (Å²) in [6, 6.07) is 0. The Labute approximate surface area is 128 Å². The average molecular weight is 293 g/mol. The quantitative estimate of drug-likeness (QED) is 0.817. The van der Waals surface area contributed by atoms with Crippen LogP contribution < -0.4 is 5.32 Å². The van der Waals surface area contributed by atoms with E-state index in [1.807, 2.05) is 0 Å². The lowest BCUT2D eigenvalue weighted by Crippen LogP contribution is -2.56. The molecule has 0 aliphatic heterocycles. The molecule has 4 aliphatic rings. The normalized spacial score (nSPS) is 45.6. The second-order valence-corrected chi connectivity index (χ2v) is 9.29. The Balaban J connectivity index is 1.63. The molecule has 0 aromatic heterocycles. The fourth-order valence-electron chi connectivity index (χ4n) is 6.70. The molecular weight excluding hydrogens is 262 g/mol. The monoisotopic (exact) mass is 293 g/mol. The molecule has 3 heteroatoms. The summed E-state index contributed by atoms with van der Waals surface area (Å²) >= 11 is 0. The van der Waals surface area contributed by atoms with Crippen molar-refractivity contribution >= 4 is 5.91 Å². The van der Waals surface area contributed by atoms with Crippen LogP contribution in [0.1, 0.15) is 72.1 Å². The minimum atomic E-state index is -0.331. The largest absolute Gasteiger partial charge is 0.393 e. The molecule has 2 N–H and O–H groups in total. The van der Waals surface area contributed by atoms with Gasteiger partial charge < -0.3 is 10.4 Å². The van der Waals surface area contributed by atoms with Gasteiger partial charge in [0.2, 0.25) is 5.91 Å². The summed E-state index contributed by atoms with van der Waals surface area (Å²) in [7, 11) is 0. The van der Waals surface area contributed by atoms with Crippen LogP contribution in [0.3, 0.4) is 0 Å². The first-order chi connectivity index (χ1) is 9.72. The molecule has 0 aromatic rings. The standard InChI is InChI=1S/C18H31NO2/c1-13(20)4-5-19-15(21)9-18-8-14-6-16(2,11-18)10-17(3,7-14)12-18/h13-14,20H,4-12H2,1-3H3,(H,19,21). The van der Waals surface area contributed by atoms with E-state index in [-0.39, 0.29) is 17.4 Å². The molecule has 3 nitrogen and oxygen atoms in total. The molecule has 0 heterocycles. The van der Waals surface area contributed by atoms with Crippen molar-refractivity contribution in [1.82, 2.24) is 5.32 Å². The average Bonchev–Trinajstić information content (AvgIpc) is 2.21. The number of carbonyl (C=O) groups excluding carboxylic acids is 1. The summed E-state index contributed by atoms with van der Waals surface area (Å²) in [4.78, 5) is 12.3. The summed E-state index contributed by atoms with van der Waals surface area (Å²) in [6.07, 6.45) is 8.91. The number of carbonyl (C=O) groups is 1. The van der Waals surface area contributed by atoms with E-state index in [1.165, 1.54) is 38.5 Å². The maximum absolute atomic E-state index is 12.3. The molecule has 0 radical (unpaired) electrons. The van der Waals surface area contributed by atoms with E-state index >= 15 is 0 Å². The van der Waals surface area contributed by atoms with Crippen LogP contribution in [0.5, 0.6) is 0 Å². The molecule has 21 heavy (non-hydrogen) atoms. The SMILES string of the molecule is CC(O)CCNC(=O)CC12CC3CC(C)(CC(C)(C3)C1)C2. The van der Waals surface area contributed by atoms with Crippen LogP contribution in [0.4, 0.5) is 0 Å². The molecule has 1 amide bonds. The van der Waals surface area contributed by atoms with Crippen molar-refractivity contribution in [1.29, 1.82) is 0 Å². The molecule has 4 saturated carbocycles. The summed E-state index contributed by atoms with van der Waals surface area (Å²) in [5.41, 5.74) is 1.22. The van der Waals surface area contributed by atoms with Gasteiger partial charge in [0.25, 0.3) is 0 Å². The van der Waals surface area contributed by atoms with Crippen molar-refractivity contribution in [2.45, 2.75) is 78.2 Å². The van der Waals surface area contributed by atoms with Crippen molar-refractivity contribution < 1.29 is 9.90 Å². The smallest absolute Gasteiger partial charge is 0.220 e. The lowest BCUT2D eigenvalue weighted by atomic mass is 9.40. The zero-order valence-corrected chi connectivity index (χ0v) is 13.9. The zero-order chi connectivity index (χ0) is 15.3. The van der Waals surface area contributed by atoms with Crippen LogP contribution in [-0.4, -0.2) is 23.7 Å². The Kier molecular flexibility index (Phi) is 3.63. The van der Waals surface area contributed by atoms with E-state index in [1.54, 1.807) is 6.92 Å². The number of hydrogen-bond acceptors (Lipinski definition) is 2. The highest BCUT2D eigenvalue weighted by atomic mass is 16.3. The molecule has 0 saturated heterocycles. The molecule has 3 atom stereocenters. The third-order valence-corrected chi connectivity index (χ3v) is 6.16. The Morgan fingerprint density at radius 3 is 2.33 bits per heavy atom. The van der Waals surface area contributed by atoms with Crippen molar-refractivity contribution in [3.63, 3.8) is 0 Å². The van der Waals surface area contributed by atoms with E-state index < -0.39 is 0 Å². The van der Waals surface area contributed by atoms with Gasteiger partial charge in [0.05, 0.1) is 6.10 Å². The zero-order valence-electron chi connectivity index (χ0n) is 13.9. The van der Waals surface area contributed by atoms with Gasteiger partial charge in [-0.1, -0.05) is 13.8 Å². The first-order valence-corrected chi connectivity index (χ1v) is 8.67. The van der Waals surface area contributed by atoms with Crippen LogP contribution in [0.2, 0.25) is 0 Å². The van der Waals surface area contributed by atoms with Crippen LogP contribution in [0.15, 0.2) is 0 Å². The summed E-state index contributed by atoms with van der Waals surface area (Å²) in [5, 5.41) is 12.3.